The third kappa shape index (κ3) is 4.36. The largest absolute Gasteiger partial charge is 0.310 e. The lowest BCUT2D eigenvalue weighted by molar-refractivity contribution is 0.145. The van der Waals surface area contributed by atoms with Gasteiger partial charge in [0.05, 0.1) is 0 Å². The van der Waals surface area contributed by atoms with Gasteiger partial charge in [-0.2, -0.15) is 0 Å². The van der Waals surface area contributed by atoms with E-state index in [1.54, 1.807) is 0 Å². The number of rotatable bonds is 3. The average molecular weight is 315 g/mol. The molecule has 0 aliphatic carbocycles. The number of piperidine rings is 1. The first-order chi connectivity index (χ1) is 9.17. The second-order valence-electron chi connectivity index (χ2n) is 7.11. The van der Waals surface area contributed by atoms with E-state index >= 15 is 0 Å². The summed E-state index contributed by atoms with van der Waals surface area (Å²) in [5, 5.41) is 8.83. The van der Waals surface area contributed by atoms with Gasteiger partial charge in [0.1, 0.15) is 0 Å². The minimum absolute atomic E-state index is 0.150. The third-order valence-corrected chi connectivity index (χ3v) is 4.38. The predicted octanol–water partition coefficient (Wildman–Crippen LogP) is 4.39. The molecule has 0 spiro atoms. The number of benzene rings is 1. The summed E-state index contributed by atoms with van der Waals surface area (Å²) in [7, 11) is 0. The Morgan fingerprint density at radius 1 is 1.15 bits per heavy atom. The molecule has 20 heavy (non-hydrogen) atoms. The van der Waals surface area contributed by atoms with Gasteiger partial charge >= 0.3 is 0 Å². The van der Waals surface area contributed by atoms with Crippen LogP contribution in [0.25, 0.3) is 0 Å². The lowest BCUT2D eigenvalue weighted by Crippen LogP contribution is -2.61. The van der Waals surface area contributed by atoms with Crippen LogP contribution in [0.15, 0.2) is 18.2 Å². The molecule has 1 fully saturated rings. The van der Waals surface area contributed by atoms with Gasteiger partial charge in [0.2, 0.25) is 0 Å². The quantitative estimate of drug-likeness (QED) is 0.864. The summed E-state index contributed by atoms with van der Waals surface area (Å²) in [6, 6.07) is 6.10. The fourth-order valence-corrected chi connectivity index (χ4v) is 3.78. The van der Waals surface area contributed by atoms with E-state index in [1.807, 2.05) is 18.2 Å². The SMILES string of the molecule is CC1(C)CC(NCc2cc(Cl)ccc2Cl)CC(C)(C)N1. The molecule has 4 heteroatoms. The first-order valence-electron chi connectivity index (χ1n) is 7.14. The van der Waals surface area contributed by atoms with E-state index in [0.717, 1.165) is 35.0 Å². The Hall–Kier alpha value is -0.280. The van der Waals surface area contributed by atoms with Gasteiger partial charge in [-0.15, -0.1) is 0 Å². The Morgan fingerprint density at radius 2 is 1.75 bits per heavy atom. The highest BCUT2D eigenvalue weighted by molar-refractivity contribution is 6.33. The van der Waals surface area contributed by atoms with E-state index in [9.17, 15) is 0 Å². The van der Waals surface area contributed by atoms with Gasteiger partial charge in [0.15, 0.2) is 0 Å². The van der Waals surface area contributed by atoms with Gasteiger partial charge in [-0.25, -0.2) is 0 Å². The summed E-state index contributed by atoms with van der Waals surface area (Å²) in [6.45, 7) is 9.80. The van der Waals surface area contributed by atoms with Crippen molar-refractivity contribution < 1.29 is 0 Å². The molecule has 1 aliphatic rings. The molecule has 1 aromatic rings. The molecule has 0 bridgehead atoms. The monoisotopic (exact) mass is 314 g/mol. The molecule has 2 N–H and O–H groups in total. The van der Waals surface area contributed by atoms with Gasteiger partial charge in [0, 0.05) is 33.7 Å². The number of hydrogen-bond donors (Lipinski definition) is 2. The van der Waals surface area contributed by atoms with Crippen molar-refractivity contribution in [3.8, 4) is 0 Å². The fraction of sp³-hybridized carbons (Fsp3) is 0.625. The smallest absolute Gasteiger partial charge is 0.0451 e. The van der Waals surface area contributed by atoms with Crippen molar-refractivity contribution in [3.63, 3.8) is 0 Å². The Balaban J connectivity index is 2.01. The van der Waals surface area contributed by atoms with Crippen LogP contribution in [0.1, 0.15) is 46.1 Å². The zero-order valence-electron chi connectivity index (χ0n) is 12.7. The average Bonchev–Trinajstić information content (AvgIpc) is 2.26. The standard InChI is InChI=1S/C16H24Cl2N2/c1-15(2)8-13(9-16(3,4)20-15)19-10-11-7-12(17)5-6-14(11)18/h5-7,13,19-20H,8-10H2,1-4H3. The first kappa shape index (κ1) is 16.1. The van der Waals surface area contributed by atoms with E-state index in [0.29, 0.717) is 6.04 Å². The molecular formula is C16H24Cl2N2. The van der Waals surface area contributed by atoms with Crippen molar-refractivity contribution in [2.24, 2.45) is 0 Å². The van der Waals surface area contributed by atoms with Gasteiger partial charge in [-0.05, 0) is 64.3 Å². The Bertz CT molecular complexity index is 467. The summed E-state index contributed by atoms with van der Waals surface area (Å²) in [5.74, 6) is 0. The van der Waals surface area contributed by atoms with Crippen molar-refractivity contribution >= 4 is 23.2 Å². The maximum absolute atomic E-state index is 6.21. The van der Waals surface area contributed by atoms with E-state index in [2.05, 4.69) is 38.3 Å². The van der Waals surface area contributed by atoms with E-state index in [4.69, 9.17) is 23.2 Å². The summed E-state index contributed by atoms with van der Waals surface area (Å²) in [4.78, 5) is 0. The van der Waals surface area contributed by atoms with Crippen LogP contribution in [0.2, 0.25) is 10.0 Å². The van der Waals surface area contributed by atoms with Crippen molar-refractivity contribution in [2.75, 3.05) is 0 Å². The van der Waals surface area contributed by atoms with Gasteiger partial charge in [-0.1, -0.05) is 23.2 Å². The normalized spacial score (nSPS) is 21.9. The molecule has 1 aliphatic heterocycles. The summed E-state index contributed by atoms with van der Waals surface area (Å²) < 4.78 is 0. The second kappa shape index (κ2) is 5.84. The molecule has 0 amide bonds. The second-order valence-corrected chi connectivity index (χ2v) is 7.96. The number of hydrogen-bond acceptors (Lipinski definition) is 2. The zero-order valence-corrected chi connectivity index (χ0v) is 14.2. The van der Waals surface area contributed by atoms with E-state index < -0.39 is 0 Å². The molecule has 0 radical (unpaired) electrons. The van der Waals surface area contributed by atoms with Crippen LogP contribution in [0.5, 0.6) is 0 Å². The molecule has 1 heterocycles. The number of nitrogens with one attached hydrogen (secondary N) is 2. The lowest BCUT2D eigenvalue weighted by atomic mass is 9.79. The highest BCUT2D eigenvalue weighted by atomic mass is 35.5. The summed E-state index contributed by atoms with van der Waals surface area (Å²) >= 11 is 12.2. The van der Waals surface area contributed by atoms with Crippen LogP contribution in [0, 0.1) is 0 Å². The molecule has 0 atom stereocenters. The number of halogens is 2. The van der Waals surface area contributed by atoms with Crippen molar-refractivity contribution in [3.05, 3.63) is 33.8 Å². The van der Waals surface area contributed by atoms with Gasteiger partial charge < -0.3 is 10.6 Å². The third-order valence-electron chi connectivity index (χ3n) is 3.78. The molecule has 112 valence electrons. The van der Waals surface area contributed by atoms with E-state index in [1.165, 1.54) is 0 Å². The lowest BCUT2D eigenvalue weighted by Gasteiger charge is -2.46. The molecule has 1 saturated heterocycles. The van der Waals surface area contributed by atoms with Crippen molar-refractivity contribution in [2.45, 2.75) is 64.2 Å². The van der Waals surface area contributed by atoms with Crippen LogP contribution >= 0.6 is 23.2 Å². The van der Waals surface area contributed by atoms with Crippen molar-refractivity contribution in [1.29, 1.82) is 0 Å². The minimum Gasteiger partial charge on any atom is -0.310 e. The van der Waals surface area contributed by atoms with Crippen LogP contribution < -0.4 is 10.6 Å². The van der Waals surface area contributed by atoms with Crippen LogP contribution in [-0.2, 0) is 6.54 Å². The predicted molar refractivity (Wildman–Crippen MR) is 87.6 cm³/mol. The first-order valence-corrected chi connectivity index (χ1v) is 7.89. The molecule has 2 rings (SSSR count). The summed E-state index contributed by atoms with van der Waals surface area (Å²) in [6.07, 6.45) is 2.21. The summed E-state index contributed by atoms with van der Waals surface area (Å²) in [5.41, 5.74) is 1.36. The molecule has 0 aromatic heterocycles. The highest BCUT2D eigenvalue weighted by Crippen LogP contribution is 2.29. The minimum atomic E-state index is 0.150. The van der Waals surface area contributed by atoms with Crippen LogP contribution in [0.3, 0.4) is 0 Å². The van der Waals surface area contributed by atoms with E-state index in [-0.39, 0.29) is 11.1 Å². The molecule has 0 saturated carbocycles. The fourth-order valence-electron chi connectivity index (χ4n) is 3.40. The Morgan fingerprint density at radius 3 is 2.35 bits per heavy atom. The zero-order chi connectivity index (χ0) is 15.0. The molecule has 2 nitrogen and oxygen atoms in total. The maximum Gasteiger partial charge on any atom is 0.0451 e. The van der Waals surface area contributed by atoms with Crippen molar-refractivity contribution in [1.82, 2.24) is 10.6 Å². The van der Waals surface area contributed by atoms with Crippen LogP contribution in [-0.4, -0.2) is 17.1 Å². The molecular weight excluding hydrogens is 291 g/mol. The van der Waals surface area contributed by atoms with Gasteiger partial charge in [0.25, 0.3) is 0 Å². The molecule has 1 aromatic carbocycles. The Kier molecular flexibility index (Phi) is 4.70. The Labute approximate surface area is 132 Å². The van der Waals surface area contributed by atoms with Gasteiger partial charge in [-0.3, -0.25) is 0 Å². The highest BCUT2D eigenvalue weighted by Gasteiger charge is 2.37. The van der Waals surface area contributed by atoms with Crippen LogP contribution in [0.4, 0.5) is 0 Å². The molecule has 0 unspecified atom stereocenters. The topological polar surface area (TPSA) is 24.1 Å². The maximum atomic E-state index is 6.21.